The number of benzene rings is 1. The molecule has 0 aromatic heterocycles. The van der Waals surface area contributed by atoms with E-state index >= 15 is 0 Å². The number of hydrogen-bond donors (Lipinski definition) is 2. The third kappa shape index (κ3) is 4.48. The van der Waals surface area contributed by atoms with Crippen LogP contribution in [0.25, 0.3) is 0 Å². The second-order valence-corrected chi connectivity index (χ2v) is 5.86. The summed E-state index contributed by atoms with van der Waals surface area (Å²) in [6, 6.07) is 7.36. The summed E-state index contributed by atoms with van der Waals surface area (Å²) in [4.78, 5) is 23.2. The van der Waals surface area contributed by atoms with Crippen molar-refractivity contribution in [1.82, 2.24) is 5.32 Å². The molecule has 0 bridgehead atoms. The number of nitrogens with one attached hydrogen (secondary N) is 1. The molecular weight excluding hydrogens is 282 g/mol. The maximum absolute atomic E-state index is 11.8. The van der Waals surface area contributed by atoms with Gasteiger partial charge in [0, 0.05) is 13.0 Å². The molecule has 2 N–H and O–H groups in total. The third-order valence-corrected chi connectivity index (χ3v) is 4.25. The molecule has 0 aliphatic heterocycles. The standard InChI is InChI=1S/C17H23NO4/c1-22-15-8-3-2-7-13(15)10-14(17(20)21)11-18-16(19)9-12-5-4-6-12/h2-3,7-8,12,14H,4-6,9-11H2,1H3,(H,18,19)(H,20,21). The van der Waals surface area contributed by atoms with Crippen LogP contribution in [-0.4, -0.2) is 30.6 Å². The molecular formula is C17H23NO4. The van der Waals surface area contributed by atoms with Gasteiger partial charge in [0.1, 0.15) is 5.75 Å². The molecule has 1 saturated carbocycles. The average Bonchev–Trinajstić information content (AvgIpc) is 2.47. The highest BCUT2D eigenvalue weighted by Gasteiger charge is 2.23. The molecule has 22 heavy (non-hydrogen) atoms. The molecule has 5 nitrogen and oxygen atoms in total. The molecule has 0 spiro atoms. The smallest absolute Gasteiger partial charge is 0.308 e. The number of methoxy groups -OCH3 is 1. The van der Waals surface area contributed by atoms with E-state index in [0.29, 0.717) is 24.5 Å². The fraction of sp³-hybridized carbons (Fsp3) is 0.529. The van der Waals surface area contributed by atoms with Crippen LogP contribution >= 0.6 is 0 Å². The highest BCUT2D eigenvalue weighted by Crippen LogP contribution is 2.29. The number of carboxylic acid groups (broad SMARTS) is 1. The van der Waals surface area contributed by atoms with Gasteiger partial charge < -0.3 is 15.2 Å². The van der Waals surface area contributed by atoms with Gasteiger partial charge in [-0.1, -0.05) is 24.6 Å². The lowest BCUT2D eigenvalue weighted by Crippen LogP contribution is -2.35. The van der Waals surface area contributed by atoms with E-state index in [4.69, 9.17) is 4.74 Å². The molecule has 120 valence electrons. The zero-order chi connectivity index (χ0) is 15.9. The van der Waals surface area contributed by atoms with Gasteiger partial charge >= 0.3 is 5.97 Å². The van der Waals surface area contributed by atoms with Crippen molar-refractivity contribution in [3.05, 3.63) is 29.8 Å². The molecule has 0 heterocycles. The van der Waals surface area contributed by atoms with E-state index in [1.54, 1.807) is 7.11 Å². The van der Waals surface area contributed by atoms with E-state index in [-0.39, 0.29) is 12.5 Å². The Morgan fingerprint density at radius 2 is 2.09 bits per heavy atom. The molecule has 1 aromatic rings. The molecule has 1 fully saturated rings. The number of para-hydroxylation sites is 1. The molecule has 0 radical (unpaired) electrons. The molecule has 2 rings (SSSR count). The van der Waals surface area contributed by atoms with Gasteiger partial charge in [0.25, 0.3) is 0 Å². The first-order valence-corrected chi connectivity index (χ1v) is 7.71. The molecule has 1 aliphatic rings. The van der Waals surface area contributed by atoms with Crippen LogP contribution in [0, 0.1) is 11.8 Å². The first kappa shape index (κ1) is 16.3. The van der Waals surface area contributed by atoms with Crippen LogP contribution in [0.3, 0.4) is 0 Å². The Morgan fingerprint density at radius 1 is 1.36 bits per heavy atom. The third-order valence-electron chi connectivity index (χ3n) is 4.25. The normalized spacial score (nSPS) is 15.7. The first-order valence-electron chi connectivity index (χ1n) is 7.71. The summed E-state index contributed by atoms with van der Waals surface area (Å²) in [5.74, 6) is -0.445. The lowest BCUT2D eigenvalue weighted by atomic mass is 9.83. The number of hydrogen-bond acceptors (Lipinski definition) is 3. The Hall–Kier alpha value is -2.04. The Balaban J connectivity index is 1.89. The summed E-state index contributed by atoms with van der Waals surface area (Å²) in [7, 11) is 1.56. The van der Waals surface area contributed by atoms with Gasteiger partial charge in [-0.3, -0.25) is 9.59 Å². The van der Waals surface area contributed by atoms with Crippen LogP contribution in [0.1, 0.15) is 31.2 Å². The van der Waals surface area contributed by atoms with Crippen molar-refractivity contribution < 1.29 is 19.4 Å². The van der Waals surface area contributed by atoms with E-state index in [9.17, 15) is 14.7 Å². The van der Waals surface area contributed by atoms with Gasteiger partial charge in [-0.25, -0.2) is 0 Å². The highest BCUT2D eigenvalue weighted by molar-refractivity contribution is 5.77. The summed E-state index contributed by atoms with van der Waals surface area (Å²) in [6.07, 6.45) is 4.27. The largest absolute Gasteiger partial charge is 0.496 e. The maximum Gasteiger partial charge on any atom is 0.308 e. The number of amides is 1. The van der Waals surface area contributed by atoms with Crippen molar-refractivity contribution in [1.29, 1.82) is 0 Å². The van der Waals surface area contributed by atoms with Gasteiger partial charge in [-0.15, -0.1) is 0 Å². The summed E-state index contributed by atoms with van der Waals surface area (Å²) in [5, 5.41) is 12.1. The average molecular weight is 305 g/mol. The summed E-state index contributed by atoms with van der Waals surface area (Å²) >= 11 is 0. The minimum atomic E-state index is -0.908. The molecule has 1 atom stereocenters. The van der Waals surface area contributed by atoms with E-state index in [0.717, 1.165) is 18.4 Å². The van der Waals surface area contributed by atoms with Crippen molar-refractivity contribution in [2.45, 2.75) is 32.1 Å². The zero-order valence-corrected chi connectivity index (χ0v) is 12.9. The maximum atomic E-state index is 11.8. The molecule has 1 unspecified atom stereocenters. The fourth-order valence-corrected chi connectivity index (χ4v) is 2.65. The molecule has 0 saturated heterocycles. The van der Waals surface area contributed by atoms with Crippen LogP contribution in [0.15, 0.2) is 24.3 Å². The Labute approximate surface area is 130 Å². The monoisotopic (exact) mass is 305 g/mol. The topological polar surface area (TPSA) is 75.6 Å². The van der Waals surface area contributed by atoms with Crippen molar-refractivity contribution in [3.8, 4) is 5.75 Å². The zero-order valence-electron chi connectivity index (χ0n) is 12.9. The Morgan fingerprint density at radius 3 is 2.68 bits per heavy atom. The number of carbonyl (C=O) groups is 2. The second-order valence-electron chi connectivity index (χ2n) is 5.86. The number of carbonyl (C=O) groups excluding carboxylic acids is 1. The summed E-state index contributed by atoms with van der Waals surface area (Å²) in [6.45, 7) is 0.152. The SMILES string of the molecule is COc1ccccc1CC(CNC(=O)CC1CCC1)C(=O)O. The van der Waals surface area contributed by atoms with E-state index < -0.39 is 11.9 Å². The summed E-state index contributed by atoms with van der Waals surface area (Å²) < 4.78 is 5.25. The molecule has 1 aromatic carbocycles. The Kier molecular flexibility index (Phi) is 5.81. The minimum absolute atomic E-state index is 0.0454. The van der Waals surface area contributed by atoms with Gasteiger partial charge in [0.15, 0.2) is 0 Å². The van der Waals surface area contributed by atoms with Crippen LogP contribution in [0.2, 0.25) is 0 Å². The predicted octanol–water partition coefficient (Wildman–Crippen LogP) is 2.24. The second kappa shape index (κ2) is 7.82. The van der Waals surface area contributed by atoms with E-state index in [1.807, 2.05) is 24.3 Å². The lowest BCUT2D eigenvalue weighted by Gasteiger charge is -2.24. The molecule has 1 aliphatic carbocycles. The Bertz CT molecular complexity index is 525. The van der Waals surface area contributed by atoms with Crippen molar-refractivity contribution in [2.75, 3.05) is 13.7 Å². The number of rotatable bonds is 8. The summed E-state index contributed by atoms with van der Waals surface area (Å²) in [5.41, 5.74) is 0.839. The number of carboxylic acids is 1. The van der Waals surface area contributed by atoms with Crippen LogP contribution in [0.5, 0.6) is 5.75 Å². The van der Waals surface area contributed by atoms with Crippen LogP contribution in [-0.2, 0) is 16.0 Å². The number of aliphatic carboxylic acids is 1. The van der Waals surface area contributed by atoms with Gasteiger partial charge in [-0.05, 0) is 36.8 Å². The predicted molar refractivity (Wildman–Crippen MR) is 82.8 cm³/mol. The van der Waals surface area contributed by atoms with E-state index in [1.165, 1.54) is 6.42 Å². The van der Waals surface area contributed by atoms with Crippen molar-refractivity contribution >= 4 is 11.9 Å². The van der Waals surface area contributed by atoms with Crippen LogP contribution in [0.4, 0.5) is 0 Å². The van der Waals surface area contributed by atoms with Gasteiger partial charge in [0.2, 0.25) is 5.91 Å². The van der Waals surface area contributed by atoms with Gasteiger partial charge in [0.05, 0.1) is 13.0 Å². The van der Waals surface area contributed by atoms with Crippen LogP contribution < -0.4 is 10.1 Å². The fourth-order valence-electron chi connectivity index (χ4n) is 2.65. The quantitative estimate of drug-likeness (QED) is 0.772. The highest BCUT2D eigenvalue weighted by atomic mass is 16.5. The van der Waals surface area contributed by atoms with Gasteiger partial charge in [-0.2, -0.15) is 0 Å². The molecule has 5 heteroatoms. The van der Waals surface area contributed by atoms with Crippen molar-refractivity contribution in [3.63, 3.8) is 0 Å². The van der Waals surface area contributed by atoms with E-state index in [2.05, 4.69) is 5.32 Å². The molecule has 1 amide bonds. The first-order chi connectivity index (χ1) is 10.6. The lowest BCUT2D eigenvalue weighted by molar-refractivity contribution is -0.141. The van der Waals surface area contributed by atoms with Crippen molar-refractivity contribution in [2.24, 2.45) is 11.8 Å². The number of ether oxygens (including phenoxy) is 1. The minimum Gasteiger partial charge on any atom is -0.496 e.